The van der Waals surface area contributed by atoms with E-state index in [9.17, 15) is 9.59 Å². The molecule has 23 heavy (non-hydrogen) atoms. The van der Waals surface area contributed by atoms with Crippen LogP contribution in [0.1, 0.15) is 52.4 Å². The lowest BCUT2D eigenvalue weighted by Gasteiger charge is -2.20. The second-order valence-corrected chi connectivity index (χ2v) is 6.28. The number of pyridine rings is 1. The van der Waals surface area contributed by atoms with E-state index in [1.807, 2.05) is 0 Å². The standard InChI is InChI=1S/C19H21NO3/c1-12-6-9-14(10-7-12)15-4-3-5-17(15)23-19(22)16-11-8-13(2)20-18(16)21/h6-11,15,17H,3-5H2,1-2H3,(H,20,21)/t15-,17-/m0/s1. The van der Waals surface area contributed by atoms with Crippen molar-refractivity contribution in [3.8, 4) is 0 Å². The van der Waals surface area contributed by atoms with Crippen LogP contribution in [0.5, 0.6) is 0 Å². The van der Waals surface area contributed by atoms with E-state index < -0.39 is 5.97 Å². The maximum absolute atomic E-state index is 12.3. The molecular weight excluding hydrogens is 290 g/mol. The molecule has 1 aliphatic rings. The van der Waals surface area contributed by atoms with Crippen LogP contribution in [-0.2, 0) is 4.74 Å². The molecule has 0 amide bonds. The summed E-state index contributed by atoms with van der Waals surface area (Å²) in [5.74, 6) is -0.320. The van der Waals surface area contributed by atoms with E-state index in [0.717, 1.165) is 25.0 Å². The maximum Gasteiger partial charge on any atom is 0.344 e. The molecular formula is C19H21NO3. The normalized spacial score (nSPS) is 20.4. The summed E-state index contributed by atoms with van der Waals surface area (Å²) in [6.45, 7) is 3.83. The van der Waals surface area contributed by atoms with Crippen LogP contribution >= 0.6 is 0 Å². The van der Waals surface area contributed by atoms with Gasteiger partial charge in [0.05, 0.1) is 0 Å². The van der Waals surface area contributed by atoms with Crippen LogP contribution < -0.4 is 5.56 Å². The first kappa shape index (κ1) is 15.5. The number of carbonyl (C=O) groups is 1. The minimum absolute atomic E-state index is 0.0742. The van der Waals surface area contributed by atoms with Gasteiger partial charge in [-0.25, -0.2) is 4.79 Å². The molecule has 1 aliphatic carbocycles. The topological polar surface area (TPSA) is 59.2 Å². The van der Waals surface area contributed by atoms with Crippen molar-refractivity contribution >= 4 is 5.97 Å². The van der Waals surface area contributed by atoms with E-state index in [1.54, 1.807) is 13.0 Å². The molecule has 1 saturated carbocycles. The number of aryl methyl sites for hydroxylation is 2. The first-order valence-electron chi connectivity index (χ1n) is 8.02. The molecule has 1 aromatic carbocycles. The molecule has 2 atom stereocenters. The van der Waals surface area contributed by atoms with Gasteiger partial charge in [0.1, 0.15) is 11.7 Å². The van der Waals surface area contributed by atoms with Gasteiger partial charge in [-0.05, 0) is 50.8 Å². The summed E-state index contributed by atoms with van der Waals surface area (Å²) in [4.78, 5) is 26.8. The Morgan fingerprint density at radius 2 is 1.83 bits per heavy atom. The second kappa shape index (κ2) is 6.41. The minimum atomic E-state index is -0.532. The third-order valence-corrected chi connectivity index (χ3v) is 4.49. The fourth-order valence-corrected chi connectivity index (χ4v) is 3.20. The van der Waals surface area contributed by atoms with Crippen LogP contribution in [0.15, 0.2) is 41.2 Å². The van der Waals surface area contributed by atoms with Crippen molar-refractivity contribution < 1.29 is 9.53 Å². The van der Waals surface area contributed by atoms with Gasteiger partial charge in [-0.2, -0.15) is 0 Å². The number of rotatable bonds is 3. The van der Waals surface area contributed by atoms with E-state index in [-0.39, 0.29) is 23.1 Å². The van der Waals surface area contributed by atoms with Gasteiger partial charge < -0.3 is 9.72 Å². The van der Waals surface area contributed by atoms with Crippen molar-refractivity contribution in [3.05, 3.63) is 69.1 Å². The third kappa shape index (κ3) is 3.36. The van der Waals surface area contributed by atoms with Crippen molar-refractivity contribution in [3.63, 3.8) is 0 Å². The first-order valence-corrected chi connectivity index (χ1v) is 8.02. The van der Waals surface area contributed by atoms with Gasteiger partial charge in [0.2, 0.25) is 0 Å². The molecule has 0 saturated heterocycles. The Morgan fingerprint density at radius 3 is 2.52 bits per heavy atom. The molecule has 4 heteroatoms. The minimum Gasteiger partial charge on any atom is -0.458 e. The monoisotopic (exact) mass is 311 g/mol. The number of ether oxygens (including phenoxy) is 1. The Balaban J connectivity index is 1.77. The number of aromatic nitrogens is 1. The number of aromatic amines is 1. The number of nitrogens with one attached hydrogen (secondary N) is 1. The largest absolute Gasteiger partial charge is 0.458 e. The molecule has 1 aromatic heterocycles. The van der Waals surface area contributed by atoms with Crippen molar-refractivity contribution in [2.75, 3.05) is 0 Å². The molecule has 3 rings (SSSR count). The van der Waals surface area contributed by atoms with E-state index in [4.69, 9.17) is 4.74 Å². The molecule has 0 unspecified atom stereocenters. The summed E-state index contributed by atoms with van der Waals surface area (Å²) in [6, 6.07) is 11.6. The van der Waals surface area contributed by atoms with E-state index in [2.05, 4.69) is 36.2 Å². The number of hydrogen-bond donors (Lipinski definition) is 1. The van der Waals surface area contributed by atoms with Crippen LogP contribution in [0, 0.1) is 13.8 Å². The zero-order chi connectivity index (χ0) is 16.4. The number of carbonyl (C=O) groups excluding carboxylic acids is 1. The van der Waals surface area contributed by atoms with Gasteiger partial charge in [-0.1, -0.05) is 29.8 Å². The summed E-state index contributed by atoms with van der Waals surface area (Å²) in [6.07, 6.45) is 2.71. The van der Waals surface area contributed by atoms with Crippen molar-refractivity contribution in [1.82, 2.24) is 4.98 Å². The molecule has 1 fully saturated rings. The van der Waals surface area contributed by atoms with Crippen molar-refractivity contribution in [2.24, 2.45) is 0 Å². The molecule has 0 aliphatic heterocycles. The Hall–Kier alpha value is -2.36. The number of H-pyrrole nitrogens is 1. The highest BCUT2D eigenvalue weighted by atomic mass is 16.5. The Morgan fingerprint density at radius 1 is 1.09 bits per heavy atom. The quantitative estimate of drug-likeness (QED) is 0.883. The van der Waals surface area contributed by atoms with Gasteiger partial charge >= 0.3 is 5.97 Å². The lowest BCUT2D eigenvalue weighted by molar-refractivity contribution is 0.0277. The fourth-order valence-electron chi connectivity index (χ4n) is 3.20. The van der Waals surface area contributed by atoms with Crippen LogP contribution in [0.4, 0.5) is 0 Å². The van der Waals surface area contributed by atoms with Gasteiger partial charge in [0.15, 0.2) is 0 Å². The zero-order valence-corrected chi connectivity index (χ0v) is 13.5. The SMILES string of the molecule is Cc1ccc([C@@H]2CCC[C@@H]2OC(=O)c2ccc(C)[nH]c2=O)cc1. The lowest BCUT2D eigenvalue weighted by atomic mass is 9.95. The summed E-state index contributed by atoms with van der Waals surface area (Å²) in [5, 5.41) is 0. The lowest BCUT2D eigenvalue weighted by Crippen LogP contribution is -2.26. The van der Waals surface area contributed by atoms with Crippen molar-refractivity contribution in [2.45, 2.75) is 45.1 Å². The summed E-state index contributed by atoms with van der Waals surface area (Å²) < 4.78 is 5.66. The number of hydrogen-bond acceptors (Lipinski definition) is 3. The van der Waals surface area contributed by atoms with Crippen LogP contribution in [0.2, 0.25) is 0 Å². The van der Waals surface area contributed by atoms with Gasteiger partial charge in [0, 0.05) is 11.6 Å². The molecule has 4 nitrogen and oxygen atoms in total. The smallest absolute Gasteiger partial charge is 0.344 e. The average molecular weight is 311 g/mol. The summed E-state index contributed by atoms with van der Waals surface area (Å²) in [5.41, 5.74) is 2.82. The molecule has 2 aromatic rings. The zero-order valence-electron chi connectivity index (χ0n) is 13.5. The second-order valence-electron chi connectivity index (χ2n) is 6.28. The van der Waals surface area contributed by atoms with Crippen LogP contribution in [0.25, 0.3) is 0 Å². The molecule has 0 radical (unpaired) electrons. The number of esters is 1. The summed E-state index contributed by atoms with van der Waals surface area (Å²) >= 11 is 0. The number of benzene rings is 1. The predicted octanol–water partition coefficient (Wildman–Crippen LogP) is 3.48. The van der Waals surface area contributed by atoms with Gasteiger partial charge in [-0.3, -0.25) is 4.79 Å². The first-order chi connectivity index (χ1) is 11.0. The molecule has 1 heterocycles. The average Bonchev–Trinajstić information content (AvgIpc) is 2.96. The third-order valence-electron chi connectivity index (χ3n) is 4.49. The molecule has 1 N–H and O–H groups in total. The van der Waals surface area contributed by atoms with Crippen LogP contribution in [-0.4, -0.2) is 17.1 Å². The van der Waals surface area contributed by atoms with Crippen LogP contribution in [0.3, 0.4) is 0 Å². The Bertz CT molecular complexity index is 761. The van der Waals surface area contributed by atoms with E-state index in [0.29, 0.717) is 0 Å². The molecule has 0 spiro atoms. The highest BCUT2D eigenvalue weighted by molar-refractivity contribution is 5.89. The molecule has 0 bridgehead atoms. The highest BCUT2D eigenvalue weighted by Crippen LogP contribution is 2.37. The molecule has 120 valence electrons. The summed E-state index contributed by atoms with van der Waals surface area (Å²) in [7, 11) is 0. The predicted molar refractivity (Wildman–Crippen MR) is 88.8 cm³/mol. The fraction of sp³-hybridized carbons (Fsp3) is 0.368. The van der Waals surface area contributed by atoms with Gasteiger partial charge in [-0.15, -0.1) is 0 Å². The van der Waals surface area contributed by atoms with Gasteiger partial charge in [0.25, 0.3) is 5.56 Å². The van der Waals surface area contributed by atoms with Crippen molar-refractivity contribution in [1.29, 1.82) is 0 Å². The Labute approximate surface area is 135 Å². The van der Waals surface area contributed by atoms with E-state index >= 15 is 0 Å². The maximum atomic E-state index is 12.3. The van der Waals surface area contributed by atoms with E-state index in [1.165, 1.54) is 17.2 Å². The Kier molecular flexibility index (Phi) is 4.33. The highest BCUT2D eigenvalue weighted by Gasteiger charge is 2.32.